The number of pyridine rings is 1. The highest BCUT2D eigenvalue weighted by Crippen LogP contribution is 2.27. The van der Waals surface area contributed by atoms with Crippen LogP contribution in [0.1, 0.15) is 28.9 Å². The summed E-state index contributed by atoms with van der Waals surface area (Å²) >= 11 is 0. The minimum absolute atomic E-state index is 0.00267. The van der Waals surface area contributed by atoms with Gasteiger partial charge in [0, 0.05) is 26.8 Å². The Hall–Kier alpha value is -2.40. The van der Waals surface area contributed by atoms with Gasteiger partial charge in [-0.2, -0.15) is 0 Å². The molecular formula is C19H23N3O2. The highest BCUT2D eigenvalue weighted by Gasteiger charge is 2.31. The monoisotopic (exact) mass is 325 g/mol. The summed E-state index contributed by atoms with van der Waals surface area (Å²) < 4.78 is 6.05. The van der Waals surface area contributed by atoms with E-state index in [1.807, 2.05) is 67.2 Å². The Morgan fingerprint density at radius 2 is 1.92 bits per heavy atom. The average Bonchev–Trinajstić information content (AvgIpc) is 2.61. The largest absolute Gasteiger partial charge is 0.367 e. The van der Waals surface area contributed by atoms with Gasteiger partial charge in [0.1, 0.15) is 11.9 Å². The van der Waals surface area contributed by atoms with Gasteiger partial charge in [-0.15, -0.1) is 0 Å². The van der Waals surface area contributed by atoms with Crippen molar-refractivity contribution in [2.75, 3.05) is 32.1 Å². The van der Waals surface area contributed by atoms with E-state index < -0.39 is 0 Å². The van der Waals surface area contributed by atoms with Crippen molar-refractivity contribution in [3.8, 4) is 0 Å². The molecule has 1 aliphatic rings. The highest BCUT2D eigenvalue weighted by atomic mass is 16.5. The fourth-order valence-corrected chi connectivity index (χ4v) is 3.06. The normalized spacial score (nSPS) is 20.7. The molecule has 3 rings (SSSR count). The summed E-state index contributed by atoms with van der Waals surface area (Å²) in [6.07, 6.45) is 1.60. The molecule has 1 aliphatic heterocycles. The number of morpholine rings is 1. The van der Waals surface area contributed by atoms with Gasteiger partial charge in [0.15, 0.2) is 0 Å². The van der Waals surface area contributed by atoms with Crippen LogP contribution in [0, 0.1) is 0 Å². The Kier molecular flexibility index (Phi) is 4.81. The zero-order valence-electron chi connectivity index (χ0n) is 14.3. The van der Waals surface area contributed by atoms with Crippen LogP contribution < -0.4 is 4.90 Å². The van der Waals surface area contributed by atoms with Crippen LogP contribution in [0.4, 0.5) is 5.82 Å². The van der Waals surface area contributed by atoms with Gasteiger partial charge in [0.2, 0.25) is 0 Å². The Morgan fingerprint density at radius 1 is 1.17 bits per heavy atom. The van der Waals surface area contributed by atoms with Crippen LogP contribution in [0.5, 0.6) is 0 Å². The lowest BCUT2D eigenvalue weighted by Gasteiger charge is -2.37. The molecule has 1 amide bonds. The third kappa shape index (κ3) is 3.41. The second kappa shape index (κ2) is 7.01. The van der Waals surface area contributed by atoms with Crippen molar-refractivity contribution in [2.45, 2.75) is 19.1 Å². The van der Waals surface area contributed by atoms with Crippen LogP contribution in [-0.4, -0.2) is 49.1 Å². The van der Waals surface area contributed by atoms with Gasteiger partial charge in [0.05, 0.1) is 18.2 Å². The molecule has 0 unspecified atom stereocenters. The summed E-state index contributed by atoms with van der Waals surface area (Å²) in [4.78, 5) is 21.1. The number of anilines is 1. The van der Waals surface area contributed by atoms with Crippen LogP contribution in [-0.2, 0) is 4.74 Å². The first-order chi connectivity index (χ1) is 11.6. The van der Waals surface area contributed by atoms with Gasteiger partial charge < -0.3 is 14.5 Å². The van der Waals surface area contributed by atoms with E-state index in [-0.39, 0.29) is 18.1 Å². The van der Waals surface area contributed by atoms with Crippen molar-refractivity contribution in [2.24, 2.45) is 0 Å². The van der Waals surface area contributed by atoms with E-state index in [0.29, 0.717) is 24.5 Å². The topological polar surface area (TPSA) is 45.7 Å². The number of aromatic nitrogens is 1. The molecule has 126 valence electrons. The number of carbonyl (C=O) groups is 1. The molecule has 1 fully saturated rings. The van der Waals surface area contributed by atoms with Gasteiger partial charge >= 0.3 is 0 Å². The fourth-order valence-electron chi connectivity index (χ4n) is 3.06. The first-order valence-corrected chi connectivity index (χ1v) is 8.18. The zero-order chi connectivity index (χ0) is 17.1. The molecule has 0 saturated carbocycles. The molecule has 2 heterocycles. The number of hydrogen-bond acceptors (Lipinski definition) is 4. The SMILES string of the molecule is C[C@@H]1CN(C(=O)c2cccnc2N(C)C)C[C@H](c2ccccc2)O1. The maximum Gasteiger partial charge on any atom is 0.257 e. The van der Waals surface area contributed by atoms with E-state index in [4.69, 9.17) is 4.74 Å². The molecular weight excluding hydrogens is 302 g/mol. The molecule has 2 atom stereocenters. The molecule has 0 N–H and O–H groups in total. The summed E-state index contributed by atoms with van der Waals surface area (Å²) in [5, 5.41) is 0. The summed E-state index contributed by atoms with van der Waals surface area (Å²) in [5.41, 5.74) is 1.73. The lowest BCUT2D eigenvalue weighted by molar-refractivity contribution is -0.0691. The Morgan fingerprint density at radius 3 is 2.62 bits per heavy atom. The lowest BCUT2D eigenvalue weighted by atomic mass is 10.1. The van der Waals surface area contributed by atoms with Gasteiger partial charge in [-0.05, 0) is 24.6 Å². The van der Waals surface area contributed by atoms with E-state index in [1.165, 1.54) is 0 Å². The maximum atomic E-state index is 13.1. The number of carbonyl (C=O) groups excluding carboxylic acids is 1. The maximum absolute atomic E-state index is 13.1. The van der Waals surface area contributed by atoms with Crippen molar-refractivity contribution in [1.29, 1.82) is 0 Å². The van der Waals surface area contributed by atoms with Gasteiger partial charge in [-0.3, -0.25) is 4.79 Å². The number of rotatable bonds is 3. The lowest BCUT2D eigenvalue weighted by Crippen LogP contribution is -2.46. The van der Waals surface area contributed by atoms with Crippen LogP contribution in [0.3, 0.4) is 0 Å². The molecule has 1 aromatic heterocycles. The van der Waals surface area contributed by atoms with Crippen LogP contribution in [0.15, 0.2) is 48.7 Å². The first kappa shape index (κ1) is 16.5. The van der Waals surface area contributed by atoms with Crippen LogP contribution >= 0.6 is 0 Å². The summed E-state index contributed by atoms with van der Waals surface area (Å²) in [6, 6.07) is 13.7. The number of hydrogen-bond donors (Lipinski definition) is 0. The van der Waals surface area contributed by atoms with Crippen molar-refractivity contribution < 1.29 is 9.53 Å². The third-order valence-corrected chi connectivity index (χ3v) is 4.16. The van der Waals surface area contributed by atoms with E-state index in [9.17, 15) is 4.79 Å². The van der Waals surface area contributed by atoms with Crippen molar-refractivity contribution >= 4 is 11.7 Å². The Bertz CT molecular complexity index is 703. The summed E-state index contributed by atoms with van der Waals surface area (Å²) in [5.74, 6) is 0.695. The molecule has 1 saturated heterocycles. The van der Waals surface area contributed by atoms with E-state index >= 15 is 0 Å². The number of nitrogens with zero attached hydrogens (tertiary/aromatic N) is 3. The second-order valence-corrected chi connectivity index (χ2v) is 6.33. The van der Waals surface area contributed by atoms with Crippen LogP contribution in [0.25, 0.3) is 0 Å². The molecule has 24 heavy (non-hydrogen) atoms. The van der Waals surface area contributed by atoms with E-state index in [1.54, 1.807) is 12.3 Å². The molecule has 2 aromatic rings. The molecule has 0 radical (unpaired) electrons. The van der Waals surface area contributed by atoms with E-state index in [2.05, 4.69) is 4.98 Å². The number of amides is 1. The predicted molar refractivity (Wildman–Crippen MR) is 94.2 cm³/mol. The van der Waals surface area contributed by atoms with Crippen molar-refractivity contribution in [3.63, 3.8) is 0 Å². The van der Waals surface area contributed by atoms with Crippen molar-refractivity contribution in [1.82, 2.24) is 9.88 Å². The summed E-state index contributed by atoms with van der Waals surface area (Å²) in [7, 11) is 3.79. The minimum Gasteiger partial charge on any atom is -0.367 e. The third-order valence-electron chi connectivity index (χ3n) is 4.16. The quantitative estimate of drug-likeness (QED) is 0.870. The molecule has 0 aliphatic carbocycles. The predicted octanol–water partition coefficient (Wildman–Crippen LogP) is 2.75. The fraction of sp³-hybridized carbons (Fsp3) is 0.368. The minimum atomic E-state index is -0.0987. The van der Waals surface area contributed by atoms with Gasteiger partial charge in [-0.25, -0.2) is 4.98 Å². The van der Waals surface area contributed by atoms with Crippen LogP contribution in [0.2, 0.25) is 0 Å². The molecule has 0 spiro atoms. The molecule has 5 nitrogen and oxygen atoms in total. The number of benzene rings is 1. The summed E-state index contributed by atoms with van der Waals surface area (Å²) in [6.45, 7) is 3.14. The van der Waals surface area contributed by atoms with Crippen molar-refractivity contribution in [3.05, 3.63) is 59.8 Å². The zero-order valence-corrected chi connectivity index (χ0v) is 14.3. The smallest absolute Gasteiger partial charge is 0.257 e. The standard InChI is InChI=1S/C19H23N3O2/c1-14-12-22(13-17(24-14)15-8-5-4-6-9-15)19(23)16-10-7-11-20-18(16)21(2)3/h4-11,14,17H,12-13H2,1-3H3/t14-,17-/m1/s1. The molecule has 5 heteroatoms. The van der Waals surface area contributed by atoms with E-state index in [0.717, 1.165) is 5.56 Å². The van der Waals surface area contributed by atoms with Gasteiger partial charge in [0.25, 0.3) is 5.91 Å². The first-order valence-electron chi connectivity index (χ1n) is 8.18. The Labute approximate surface area is 142 Å². The second-order valence-electron chi connectivity index (χ2n) is 6.33. The number of ether oxygens (including phenoxy) is 1. The Balaban J connectivity index is 1.85. The van der Waals surface area contributed by atoms with Gasteiger partial charge in [-0.1, -0.05) is 30.3 Å². The highest BCUT2D eigenvalue weighted by molar-refractivity contribution is 5.99. The average molecular weight is 325 g/mol. The molecule has 0 bridgehead atoms. The molecule has 1 aromatic carbocycles.